The molecule has 0 aliphatic rings. The van der Waals surface area contributed by atoms with Crippen LogP contribution in [0.25, 0.3) is 0 Å². The molecule has 2 aromatic rings. The lowest BCUT2D eigenvalue weighted by molar-refractivity contribution is -0.114. The number of hydrogen-bond acceptors (Lipinski definition) is 7. The molecule has 0 fully saturated rings. The number of carbonyl (C=O) groups is 3. The second-order valence-corrected chi connectivity index (χ2v) is 7.49. The molecule has 144 valence electrons. The number of anilines is 2. The fraction of sp³-hybridized carbons (Fsp3) is 0.333. The number of para-hydroxylation sites is 2. The predicted molar refractivity (Wildman–Crippen MR) is 109 cm³/mol. The van der Waals surface area contributed by atoms with Gasteiger partial charge in [0.2, 0.25) is 11.8 Å². The van der Waals surface area contributed by atoms with Crippen LogP contribution in [0.4, 0.5) is 10.8 Å². The molecular formula is C18H21N3O4S2. The Labute approximate surface area is 165 Å². The minimum atomic E-state index is -0.272. The molecule has 1 aromatic carbocycles. The van der Waals surface area contributed by atoms with Gasteiger partial charge in [-0.15, -0.1) is 11.8 Å². The fourth-order valence-electron chi connectivity index (χ4n) is 2.21. The number of nitrogens with zero attached hydrogens (tertiary/aromatic N) is 1. The van der Waals surface area contributed by atoms with E-state index in [0.717, 1.165) is 11.3 Å². The number of hydrogen-bond donors (Lipinski definition) is 2. The van der Waals surface area contributed by atoms with E-state index >= 15 is 0 Å². The minimum Gasteiger partial charge on any atom is -0.492 e. The second kappa shape index (κ2) is 10.1. The standard InChI is InChI=1S/C18H21N3O4S2/c1-4-25-14-8-6-5-7-13(14)20-15(23)9-26-10-16(24)21-18-19-11(2)17(27-18)12(3)22/h5-8H,4,9-10H2,1-3H3,(H,20,23)(H,19,21,24). The average molecular weight is 408 g/mol. The van der Waals surface area contributed by atoms with Crippen LogP contribution in [0.5, 0.6) is 5.75 Å². The van der Waals surface area contributed by atoms with Gasteiger partial charge < -0.3 is 15.4 Å². The first-order valence-electron chi connectivity index (χ1n) is 8.28. The summed E-state index contributed by atoms with van der Waals surface area (Å²) in [7, 11) is 0. The topological polar surface area (TPSA) is 97.4 Å². The lowest BCUT2D eigenvalue weighted by atomic mass is 10.3. The highest BCUT2D eigenvalue weighted by Crippen LogP contribution is 2.24. The molecule has 0 saturated carbocycles. The van der Waals surface area contributed by atoms with Crippen molar-refractivity contribution in [1.29, 1.82) is 0 Å². The first-order chi connectivity index (χ1) is 12.9. The Morgan fingerprint density at radius 1 is 1.15 bits per heavy atom. The number of Topliss-reactive ketones (excluding diaryl/α,β-unsaturated/α-hetero) is 1. The van der Waals surface area contributed by atoms with E-state index in [2.05, 4.69) is 15.6 Å². The van der Waals surface area contributed by atoms with Crippen molar-refractivity contribution in [3.63, 3.8) is 0 Å². The van der Waals surface area contributed by atoms with E-state index in [1.54, 1.807) is 19.1 Å². The van der Waals surface area contributed by atoms with Gasteiger partial charge in [0.05, 0.1) is 34.4 Å². The summed E-state index contributed by atoms with van der Waals surface area (Å²) in [5.41, 5.74) is 1.20. The zero-order valence-corrected chi connectivity index (χ0v) is 17.0. The largest absolute Gasteiger partial charge is 0.492 e. The number of benzene rings is 1. The zero-order chi connectivity index (χ0) is 19.8. The Kier molecular flexibility index (Phi) is 7.81. The zero-order valence-electron chi connectivity index (χ0n) is 15.3. The third-order valence-corrected chi connectivity index (χ3v) is 5.40. The summed E-state index contributed by atoms with van der Waals surface area (Å²) in [5.74, 6) is 0.272. The number of nitrogens with one attached hydrogen (secondary N) is 2. The van der Waals surface area contributed by atoms with Gasteiger partial charge >= 0.3 is 0 Å². The van der Waals surface area contributed by atoms with Crippen LogP contribution in [0.3, 0.4) is 0 Å². The van der Waals surface area contributed by atoms with Crippen molar-refractivity contribution in [3.05, 3.63) is 34.8 Å². The molecule has 7 nitrogen and oxygen atoms in total. The number of thioether (sulfide) groups is 1. The number of ether oxygens (including phenoxy) is 1. The number of rotatable bonds is 9. The van der Waals surface area contributed by atoms with E-state index < -0.39 is 0 Å². The average Bonchev–Trinajstić information content (AvgIpc) is 2.97. The van der Waals surface area contributed by atoms with Crippen molar-refractivity contribution in [2.75, 3.05) is 28.7 Å². The Bertz CT molecular complexity index is 836. The van der Waals surface area contributed by atoms with Gasteiger partial charge in [0.25, 0.3) is 0 Å². The molecule has 9 heteroatoms. The van der Waals surface area contributed by atoms with E-state index in [1.165, 1.54) is 18.7 Å². The second-order valence-electron chi connectivity index (χ2n) is 5.51. The summed E-state index contributed by atoms with van der Waals surface area (Å²) in [6.07, 6.45) is 0. The molecule has 0 unspecified atom stereocenters. The molecule has 1 aromatic heterocycles. The first kappa shape index (κ1) is 20.9. The molecule has 27 heavy (non-hydrogen) atoms. The highest BCUT2D eigenvalue weighted by atomic mass is 32.2. The molecule has 2 N–H and O–H groups in total. The SMILES string of the molecule is CCOc1ccccc1NC(=O)CSCC(=O)Nc1nc(C)c(C(C)=O)s1. The van der Waals surface area contributed by atoms with Gasteiger partial charge in [0.15, 0.2) is 10.9 Å². The summed E-state index contributed by atoms with van der Waals surface area (Å²) in [6.45, 7) is 5.56. The number of aryl methyl sites for hydroxylation is 1. The third-order valence-electron chi connectivity index (χ3n) is 3.29. The number of thiazole rings is 1. The van der Waals surface area contributed by atoms with Crippen LogP contribution < -0.4 is 15.4 Å². The summed E-state index contributed by atoms with van der Waals surface area (Å²) in [5, 5.41) is 5.82. The van der Waals surface area contributed by atoms with Gasteiger partial charge in [0, 0.05) is 6.92 Å². The van der Waals surface area contributed by atoms with Crippen LogP contribution in [0.1, 0.15) is 29.2 Å². The quantitative estimate of drug-likeness (QED) is 0.619. The van der Waals surface area contributed by atoms with E-state index in [-0.39, 0.29) is 29.1 Å². The van der Waals surface area contributed by atoms with Gasteiger partial charge in [-0.2, -0.15) is 0 Å². The van der Waals surface area contributed by atoms with E-state index in [4.69, 9.17) is 4.74 Å². The number of aromatic nitrogens is 1. The lowest BCUT2D eigenvalue weighted by Gasteiger charge is -2.11. The van der Waals surface area contributed by atoms with Gasteiger partial charge in [-0.25, -0.2) is 4.98 Å². The molecule has 0 aliphatic heterocycles. The van der Waals surface area contributed by atoms with E-state index in [9.17, 15) is 14.4 Å². The monoisotopic (exact) mass is 407 g/mol. The molecular weight excluding hydrogens is 386 g/mol. The van der Waals surface area contributed by atoms with Gasteiger partial charge in [0.1, 0.15) is 5.75 Å². The van der Waals surface area contributed by atoms with Crippen LogP contribution in [-0.4, -0.2) is 40.7 Å². The number of ketones is 1. The van der Waals surface area contributed by atoms with Crippen LogP contribution in [0.2, 0.25) is 0 Å². The van der Waals surface area contributed by atoms with Crippen molar-refractivity contribution < 1.29 is 19.1 Å². The minimum absolute atomic E-state index is 0.0797. The molecule has 0 saturated heterocycles. The summed E-state index contributed by atoms with van der Waals surface area (Å²) in [6, 6.07) is 7.18. The Balaban J connectivity index is 1.79. The molecule has 2 amide bonds. The lowest BCUT2D eigenvalue weighted by Crippen LogP contribution is -2.18. The fourth-order valence-corrected chi connectivity index (χ4v) is 3.70. The molecule has 0 atom stereocenters. The molecule has 2 rings (SSSR count). The first-order valence-corrected chi connectivity index (χ1v) is 10.3. The van der Waals surface area contributed by atoms with Gasteiger partial charge in [-0.05, 0) is 26.0 Å². The maximum atomic E-state index is 12.1. The smallest absolute Gasteiger partial charge is 0.236 e. The van der Waals surface area contributed by atoms with Crippen molar-refractivity contribution in [2.45, 2.75) is 20.8 Å². The van der Waals surface area contributed by atoms with Gasteiger partial charge in [-0.1, -0.05) is 23.5 Å². The Morgan fingerprint density at radius 2 is 1.81 bits per heavy atom. The highest BCUT2D eigenvalue weighted by Gasteiger charge is 2.14. The number of carbonyl (C=O) groups excluding carboxylic acids is 3. The Hall–Kier alpha value is -2.39. The molecule has 0 spiro atoms. The summed E-state index contributed by atoms with van der Waals surface area (Å²) in [4.78, 5) is 40.2. The number of amides is 2. The van der Waals surface area contributed by atoms with E-state index in [1.807, 2.05) is 19.1 Å². The van der Waals surface area contributed by atoms with E-state index in [0.29, 0.717) is 33.7 Å². The predicted octanol–water partition coefficient (Wildman–Crippen LogP) is 3.36. The maximum absolute atomic E-state index is 12.1. The Morgan fingerprint density at radius 3 is 2.44 bits per heavy atom. The molecule has 0 radical (unpaired) electrons. The van der Waals surface area contributed by atoms with Crippen molar-refractivity contribution in [1.82, 2.24) is 4.98 Å². The van der Waals surface area contributed by atoms with Crippen molar-refractivity contribution in [3.8, 4) is 5.75 Å². The maximum Gasteiger partial charge on any atom is 0.236 e. The molecule has 0 bridgehead atoms. The van der Waals surface area contributed by atoms with Crippen LogP contribution in [-0.2, 0) is 9.59 Å². The van der Waals surface area contributed by atoms with Crippen LogP contribution in [0, 0.1) is 6.92 Å². The molecule has 1 heterocycles. The van der Waals surface area contributed by atoms with Crippen molar-refractivity contribution >= 4 is 51.5 Å². The summed E-state index contributed by atoms with van der Waals surface area (Å²) < 4.78 is 5.46. The molecule has 0 aliphatic carbocycles. The highest BCUT2D eigenvalue weighted by molar-refractivity contribution is 8.00. The van der Waals surface area contributed by atoms with Crippen LogP contribution >= 0.6 is 23.1 Å². The third kappa shape index (κ3) is 6.37. The summed E-state index contributed by atoms with van der Waals surface area (Å²) >= 11 is 2.34. The normalized spacial score (nSPS) is 10.3. The van der Waals surface area contributed by atoms with Gasteiger partial charge in [-0.3, -0.25) is 14.4 Å². The van der Waals surface area contributed by atoms with Crippen LogP contribution in [0.15, 0.2) is 24.3 Å². The van der Waals surface area contributed by atoms with Crippen molar-refractivity contribution in [2.24, 2.45) is 0 Å².